The number of carbonyl (C=O) groups excluding carboxylic acids is 2. The molecule has 0 saturated carbocycles. The fraction of sp³-hybridized carbons (Fsp3) is 0.522. The second-order valence-electron chi connectivity index (χ2n) is 8.14. The topological polar surface area (TPSA) is 66.7 Å². The lowest BCUT2D eigenvalue weighted by Gasteiger charge is -2.44. The quantitative estimate of drug-likeness (QED) is 0.778. The summed E-state index contributed by atoms with van der Waals surface area (Å²) in [5.74, 6) is 0.548. The van der Waals surface area contributed by atoms with Crippen LogP contribution in [0.1, 0.15) is 60.0 Å². The molecule has 6 heteroatoms. The first-order valence-electron chi connectivity index (χ1n) is 10.7. The average Bonchev–Trinajstić information content (AvgIpc) is 3.33. The van der Waals surface area contributed by atoms with E-state index < -0.39 is 5.54 Å². The molecule has 2 aliphatic heterocycles. The zero-order chi connectivity index (χ0) is 20.4. The van der Waals surface area contributed by atoms with Crippen LogP contribution in [0.5, 0.6) is 0 Å². The summed E-state index contributed by atoms with van der Waals surface area (Å²) in [4.78, 5) is 30.8. The second-order valence-corrected chi connectivity index (χ2v) is 8.14. The van der Waals surface area contributed by atoms with E-state index in [9.17, 15) is 9.59 Å². The summed E-state index contributed by atoms with van der Waals surface area (Å²) in [6.45, 7) is 5.81. The van der Waals surface area contributed by atoms with Crippen molar-refractivity contribution >= 4 is 11.8 Å². The fourth-order valence-corrected chi connectivity index (χ4v) is 4.91. The lowest BCUT2D eigenvalue weighted by atomic mass is 9.84. The largest absolute Gasteiger partial charge is 0.361 e. The number of aromatic nitrogens is 1. The zero-order valence-electron chi connectivity index (χ0n) is 17.3. The SMILES string of the molecule is CCc1noc(C)c1C(=O)N1CCCC12CCCN(CCc1ccccc1)C2=O. The number of nitrogens with zero attached hydrogens (tertiary/aromatic N) is 3. The Kier molecular flexibility index (Phi) is 5.43. The summed E-state index contributed by atoms with van der Waals surface area (Å²) in [6, 6.07) is 10.2. The highest BCUT2D eigenvalue weighted by atomic mass is 16.5. The number of carbonyl (C=O) groups is 2. The normalized spacial score (nSPS) is 21.9. The van der Waals surface area contributed by atoms with Gasteiger partial charge in [-0.25, -0.2) is 0 Å². The van der Waals surface area contributed by atoms with E-state index in [1.807, 2.05) is 34.9 Å². The Morgan fingerprint density at radius 1 is 1.17 bits per heavy atom. The van der Waals surface area contributed by atoms with Gasteiger partial charge in [0.05, 0.1) is 5.69 Å². The van der Waals surface area contributed by atoms with E-state index in [0.29, 0.717) is 36.5 Å². The number of hydrogen-bond acceptors (Lipinski definition) is 4. The number of piperidine rings is 1. The molecule has 0 aliphatic carbocycles. The van der Waals surface area contributed by atoms with Gasteiger partial charge in [0.1, 0.15) is 16.9 Å². The van der Waals surface area contributed by atoms with E-state index in [2.05, 4.69) is 17.3 Å². The van der Waals surface area contributed by atoms with Crippen LogP contribution in [0.2, 0.25) is 0 Å². The van der Waals surface area contributed by atoms with Crippen LogP contribution < -0.4 is 0 Å². The molecular weight excluding hydrogens is 366 g/mol. The third-order valence-electron chi connectivity index (χ3n) is 6.43. The Labute approximate surface area is 171 Å². The van der Waals surface area contributed by atoms with Gasteiger partial charge < -0.3 is 14.3 Å². The summed E-state index contributed by atoms with van der Waals surface area (Å²) in [5.41, 5.74) is 1.74. The van der Waals surface area contributed by atoms with Crippen molar-refractivity contribution in [1.82, 2.24) is 15.0 Å². The molecular formula is C23H29N3O3. The van der Waals surface area contributed by atoms with Gasteiger partial charge in [0, 0.05) is 19.6 Å². The molecule has 2 fully saturated rings. The first-order valence-corrected chi connectivity index (χ1v) is 10.7. The van der Waals surface area contributed by atoms with Crippen molar-refractivity contribution in [2.24, 2.45) is 0 Å². The minimum Gasteiger partial charge on any atom is -0.361 e. The van der Waals surface area contributed by atoms with Crippen LogP contribution in [0, 0.1) is 6.92 Å². The van der Waals surface area contributed by atoms with E-state index in [1.165, 1.54) is 5.56 Å². The highest BCUT2D eigenvalue weighted by Gasteiger charge is 2.53. The summed E-state index contributed by atoms with van der Waals surface area (Å²) in [7, 11) is 0. The van der Waals surface area contributed by atoms with Gasteiger partial charge in [-0.05, 0) is 51.0 Å². The molecule has 3 heterocycles. The summed E-state index contributed by atoms with van der Waals surface area (Å²) in [6.07, 6.45) is 4.73. The van der Waals surface area contributed by atoms with Crippen molar-refractivity contribution < 1.29 is 14.1 Å². The lowest BCUT2D eigenvalue weighted by molar-refractivity contribution is -0.145. The van der Waals surface area contributed by atoms with Gasteiger partial charge in [0.25, 0.3) is 5.91 Å². The predicted octanol–water partition coefficient (Wildman–Crippen LogP) is 3.39. The van der Waals surface area contributed by atoms with E-state index in [0.717, 1.165) is 38.6 Å². The van der Waals surface area contributed by atoms with Crippen LogP contribution in [-0.2, 0) is 17.6 Å². The van der Waals surface area contributed by atoms with Crippen molar-refractivity contribution in [3.05, 3.63) is 52.9 Å². The van der Waals surface area contributed by atoms with Crippen LogP contribution in [0.4, 0.5) is 0 Å². The van der Waals surface area contributed by atoms with E-state index in [4.69, 9.17) is 4.52 Å². The molecule has 154 valence electrons. The zero-order valence-corrected chi connectivity index (χ0v) is 17.3. The Balaban J connectivity index is 1.56. The van der Waals surface area contributed by atoms with Crippen LogP contribution in [0.25, 0.3) is 0 Å². The minimum atomic E-state index is -0.708. The lowest BCUT2D eigenvalue weighted by Crippen LogP contribution is -2.61. The maximum Gasteiger partial charge on any atom is 0.260 e. The molecule has 0 N–H and O–H groups in total. The Bertz CT molecular complexity index is 892. The first-order chi connectivity index (χ1) is 14.1. The summed E-state index contributed by atoms with van der Waals surface area (Å²) < 4.78 is 5.29. The molecule has 1 spiro atoms. The standard InChI is InChI=1S/C23H29N3O3/c1-3-19-20(17(2)29-24-19)21(27)26-15-8-13-23(26)12-7-14-25(22(23)28)16-11-18-9-5-4-6-10-18/h4-6,9-10H,3,7-8,11-16H2,1-2H3. The molecule has 29 heavy (non-hydrogen) atoms. The van der Waals surface area contributed by atoms with Crippen molar-refractivity contribution in [2.75, 3.05) is 19.6 Å². The Hall–Kier alpha value is -2.63. The summed E-state index contributed by atoms with van der Waals surface area (Å²) >= 11 is 0. The highest BCUT2D eigenvalue weighted by Crippen LogP contribution is 2.39. The molecule has 2 aliphatic rings. The smallest absolute Gasteiger partial charge is 0.260 e. The van der Waals surface area contributed by atoms with Crippen molar-refractivity contribution in [2.45, 2.75) is 57.9 Å². The molecule has 1 aromatic carbocycles. The van der Waals surface area contributed by atoms with Gasteiger partial charge in [-0.1, -0.05) is 42.4 Å². The van der Waals surface area contributed by atoms with E-state index in [-0.39, 0.29) is 11.8 Å². The van der Waals surface area contributed by atoms with Crippen molar-refractivity contribution in [1.29, 1.82) is 0 Å². The van der Waals surface area contributed by atoms with Crippen LogP contribution in [0.15, 0.2) is 34.9 Å². The number of rotatable bonds is 5. The van der Waals surface area contributed by atoms with Crippen molar-refractivity contribution in [3.63, 3.8) is 0 Å². The number of amides is 2. The number of benzene rings is 1. The molecule has 0 radical (unpaired) electrons. The third-order valence-corrected chi connectivity index (χ3v) is 6.43. The molecule has 2 saturated heterocycles. The molecule has 6 nitrogen and oxygen atoms in total. The molecule has 4 rings (SSSR count). The van der Waals surface area contributed by atoms with Gasteiger partial charge >= 0.3 is 0 Å². The van der Waals surface area contributed by atoms with Gasteiger partial charge in [-0.15, -0.1) is 0 Å². The summed E-state index contributed by atoms with van der Waals surface area (Å²) in [5, 5.41) is 4.04. The molecule has 1 atom stereocenters. The molecule has 2 aromatic rings. The third kappa shape index (κ3) is 3.45. The second kappa shape index (κ2) is 8.01. The minimum absolute atomic E-state index is 0.101. The maximum atomic E-state index is 13.6. The first kappa shape index (κ1) is 19.7. The molecule has 1 aromatic heterocycles. The average molecular weight is 396 g/mol. The molecule has 2 amide bonds. The van der Waals surface area contributed by atoms with Crippen LogP contribution in [0.3, 0.4) is 0 Å². The number of hydrogen-bond donors (Lipinski definition) is 0. The fourth-order valence-electron chi connectivity index (χ4n) is 4.91. The molecule has 1 unspecified atom stereocenters. The number of likely N-dealkylation sites (tertiary alicyclic amines) is 2. The van der Waals surface area contributed by atoms with Gasteiger partial charge in [-0.3, -0.25) is 9.59 Å². The van der Waals surface area contributed by atoms with Gasteiger partial charge in [0.15, 0.2) is 0 Å². The number of aryl methyl sites for hydroxylation is 2. The Morgan fingerprint density at radius 2 is 1.90 bits per heavy atom. The Morgan fingerprint density at radius 3 is 2.62 bits per heavy atom. The van der Waals surface area contributed by atoms with Crippen LogP contribution >= 0.6 is 0 Å². The molecule has 0 bridgehead atoms. The van der Waals surface area contributed by atoms with E-state index in [1.54, 1.807) is 6.92 Å². The maximum absolute atomic E-state index is 13.6. The van der Waals surface area contributed by atoms with Gasteiger partial charge in [0.2, 0.25) is 5.91 Å². The monoisotopic (exact) mass is 395 g/mol. The van der Waals surface area contributed by atoms with E-state index >= 15 is 0 Å². The van der Waals surface area contributed by atoms with Crippen molar-refractivity contribution in [3.8, 4) is 0 Å². The highest BCUT2D eigenvalue weighted by molar-refractivity contribution is 6.01. The van der Waals surface area contributed by atoms with Gasteiger partial charge in [-0.2, -0.15) is 0 Å². The predicted molar refractivity (Wildman–Crippen MR) is 110 cm³/mol. The van der Waals surface area contributed by atoms with Crippen LogP contribution in [-0.4, -0.2) is 51.9 Å².